The quantitative estimate of drug-likeness (QED) is 0.152. The van der Waals surface area contributed by atoms with Gasteiger partial charge in [0.15, 0.2) is 0 Å². The summed E-state index contributed by atoms with van der Waals surface area (Å²) < 4.78 is 14.9. The van der Waals surface area contributed by atoms with Crippen molar-refractivity contribution < 1.29 is 14.0 Å². The first-order chi connectivity index (χ1) is 18.0. The van der Waals surface area contributed by atoms with Crippen molar-refractivity contribution in [1.29, 1.82) is 5.26 Å². The molecule has 37 heavy (non-hydrogen) atoms. The molecule has 0 radical (unpaired) electrons. The van der Waals surface area contributed by atoms with Crippen LogP contribution >= 0.6 is 0 Å². The first-order valence-corrected chi connectivity index (χ1v) is 11.8. The topological polar surface area (TPSA) is 105 Å². The minimum atomic E-state index is -0.780. The van der Waals surface area contributed by atoms with Crippen LogP contribution in [0.1, 0.15) is 22.8 Å². The molecular weight excluding hydrogens is 471 g/mol. The minimum absolute atomic E-state index is 0.0130. The number of piperazine rings is 1. The molecule has 2 aromatic carbocycles. The first-order valence-electron chi connectivity index (χ1n) is 11.8. The zero-order valence-electron chi connectivity index (χ0n) is 20.1. The van der Waals surface area contributed by atoms with Crippen LogP contribution in [0, 0.1) is 17.3 Å². The zero-order chi connectivity index (χ0) is 25.9. The number of ketones is 1. The number of hydrogen-bond donors (Lipinski definition) is 1. The molecule has 1 fully saturated rings. The number of aliphatic imine (C=N–C) groups is 1. The zero-order valence-corrected chi connectivity index (χ0v) is 20.1. The van der Waals surface area contributed by atoms with Crippen molar-refractivity contribution in [2.24, 2.45) is 4.99 Å². The number of halogens is 1. The Hall–Kier alpha value is -4.84. The van der Waals surface area contributed by atoms with Crippen LogP contribution in [0.15, 0.2) is 78.0 Å². The highest BCUT2D eigenvalue weighted by molar-refractivity contribution is 6.45. The lowest BCUT2D eigenvalue weighted by atomic mass is 10.0. The van der Waals surface area contributed by atoms with Gasteiger partial charge >= 0.3 is 0 Å². The van der Waals surface area contributed by atoms with Gasteiger partial charge in [-0.1, -0.05) is 36.4 Å². The lowest BCUT2D eigenvalue weighted by Gasteiger charge is -2.40. The van der Waals surface area contributed by atoms with Crippen molar-refractivity contribution >= 4 is 28.4 Å². The van der Waals surface area contributed by atoms with E-state index in [0.29, 0.717) is 35.7 Å². The normalized spacial score (nSPS) is 16.0. The fourth-order valence-electron chi connectivity index (χ4n) is 4.77. The number of benzene rings is 2. The molecular formula is C28H23FN6O2. The average Bonchev–Trinajstić information content (AvgIpc) is 3.38. The highest BCUT2D eigenvalue weighted by Crippen LogP contribution is 2.31. The number of amidine groups is 1. The number of fused-ring (bicyclic) bond motifs is 1. The second-order valence-corrected chi connectivity index (χ2v) is 8.79. The van der Waals surface area contributed by atoms with Crippen molar-refractivity contribution in [1.82, 2.24) is 19.8 Å². The van der Waals surface area contributed by atoms with E-state index in [4.69, 9.17) is 0 Å². The maximum absolute atomic E-state index is 14.9. The maximum atomic E-state index is 14.9. The average molecular weight is 495 g/mol. The van der Waals surface area contributed by atoms with Gasteiger partial charge in [0.1, 0.15) is 11.7 Å². The summed E-state index contributed by atoms with van der Waals surface area (Å²) in [7, 11) is 0. The third-order valence-corrected chi connectivity index (χ3v) is 6.54. The molecule has 0 aliphatic carbocycles. The lowest BCUT2D eigenvalue weighted by molar-refractivity contribution is -0.130. The standard InChI is InChI=1S/C28H23FN6O2/c1-18-16-34(27(33-17-30)19-7-3-2-4-8-19)13-14-35(18)28(37)26(36)21-15-32-25-20(10-11-22(29)24(21)25)23-9-5-6-12-31-23/h2-12,15,18,32H,13-14,16H2,1H3/b33-27+/t18-/m0/s1. The number of carbonyl (C=O) groups is 2. The number of pyridine rings is 1. The van der Waals surface area contributed by atoms with Gasteiger partial charge in [-0.3, -0.25) is 14.6 Å². The van der Waals surface area contributed by atoms with E-state index in [2.05, 4.69) is 15.0 Å². The Kier molecular flexibility index (Phi) is 6.47. The van der Waals surface area contributed by atoms with Gasteiger partial charge in [0, 0.05) is 54.6 Å². The maximum Gasteiger partial charge on any atom is 0.295 e. The number of nitriles is 1. The van der Waals surface area contributed by atoms with E-state index in [1.54, 1.807) is 24.4 Å². The highest BCUT2D eigenvalue weighted by Gasteiger charge is 2.34. The van der Waals surface area contributed by atoms with Crippen LogP contribution in [-0.2, 0) is 4.79 Å². The summed E-state index contributed by atoms with van der Waals surface area (Å²) in [5.41, 5.74) is 2.45. The summed E-state index contributed by atoms with van der Waals surface area (Å²) >= 11 is 0. The molecule has 4 aromatic rings. The van der Waals surface area contributed by atoms with Gasteiger partial charge in [-0.25, -0.2) is 4.39 Å². The number of carbonyl (C=O) groups excluding carboxylic acids is 2. The van der Waals surface area contributed by atoms with E-state index >= 15 is 0 Å². The molecule has 5 rings (SSSR count). The van der Waals surface area contributed by atoms with Crippen LogP contribution in [0.4, 0.5) is 4.39 Å². The second kappa shape index (κ2) is 10.0. The lowest BCUT2D eigenvalue weighted by Crippen LogP contribution is -2.57. The van der Waals surface area contributed by atoms with Gasteiger partial charge in [-0.2, -0.15) is 10.3 Å². The molecule has 9 heteroatoms. The number of Topliss-reactive ketones (excluding diaryl/α,β-unsaturated/α-hetero) is 1. The fraction of sp³-hybridized carbons (Fsp3) is 0.179. The number of aromatic amines is 1. The van der Waals surface area contributed by atoms with Crippen molar-refractivity contribution in [3.8, 4) is 17.5 Å². The summed E-state index contributed by atoms with van der Waals surface area (Å²) in [4.78, 5) is 41.4. The van der Waals surface area contributed by atoms with Crippen LogP contribution in [0.25, 0.3) is 22.2 Å². The van der Waals surface area contributed by atoms with Gasteiger partial charge in [0.05, 0.1) is 16.8 Å². The molecule has 1 N–H and O–H groups in total. The molecule has 8 nitrogen and oxygen atoms in total. The minimum Gasteiger partial charge on any atom is -0.360 e. The third-order valence-electron chi connectivity index (χ3n) is 6.54. The molecule has 1 atom stereocenters. The van der Waals surface area contributed by atoms with Crippen LogP contribution in [0.5, 0.6) is 0 Å². The van der Waals surface area contributed by atoms with Crippen LogP contribution in [0.2, 0.25) is 0 Å². The molecule has 2 aromatic heterocycles. The number of aromatic nitrogens is 2. The molecule has 1 saturated heterocycles. The van der Waals surface area contributed by atoms with E-state index in [1.165, 1.54) is 17.2 Å². The number of nitrogens with one attached hydrogen (secondary N) is 1. The summed E-state index contributed by atoms with van der Waals surface area (Å²) in [6, 6.07) is 17.3. The predicted octanol–water partition coefficient (Wildman–Crippen LogP) is 4.01. The molecule has 1 amide bonds. The van der Waals surface area contributed by atoms with Crippen molar-refractivity contribution in [2.45, 2.75) is 13.0 Å². The Morgan fingerprint density at radius 1 is 1.11 bits per heavy atom. The molecule has 3 heterocycles. The van der Waals surface area contributed by atoms with E-state index in [9.17, 15) is 19.2 Å². The molecule has 0 spiro atoms. The number of amides is 1. The highest BCUT2D eigenvalue weighted by atomic mass is 19.1. The van der Waals surface area contributed by atoms with Crippen LogP contribution in [0.3, 0.4) is 0 Å². The van der Waals surface area contributed by atoms with Gasteiger partial charge < -0.3 is 14.8 Å². The van der Waals surface area contributed by atoms with Crippen LogP contribution in [-0.4, -0.2) is 63.0 Å². The summed E-state index contributed by atoms with van der Waals surface area (Å²) in [5, 5.41) is 9.27. The van der Waals surface area contributed by atoms with Gasteiger partial charge in [-0.05, 0) is 31.2 Å². The van der Waals surface area contributed by atoms with Crippen molar-refractivity contribution in [2.75, 3.05) is 19.6 Å². The summed E-state index contributed by atoms with van der Waals surface area (Å²) in [5.74, 6) is -1.55. The Bertz CT molecular complexity index is 1540. The fourth-order valence-corrected chi connectivity index (χ4v) is 4.77. The monoisotopic (exact) mass is 494 g/mol. The molecule has 0 saturated carbocycles. The molecule has 0 unspecified atom stereocenters. The molecule has 1 aliphatic rings. The van der Waals surface area contributed by atoms with Gasteiger partial charge in [-0.15, -0.1) is 0 Å². The Balaban J connectivity index is 1.39. The smallest absolute Gasteiger partial charge is 0.295 e. The summed E-state index contributed by atoms with van der Waals surface area (Å²) in [6.45, 7) is 2.87. The van der Waals surface area contributed by atoms with E-state index in [0.717, 1.165) is 5.56 Å². The number of hydrogen-bond acceptors (Lipinski definition) is 5. The van der Waals surface area contributed by atoms with Gasteiger partial charge in [0.25, 0.3) is 11.7 Å². The van der Waals surface area contributed by atoms with Crippen molar-refractivity contribution in [3.63, 3.8) is 0 Å². The predicted molar refractivity (Wildman–Crippen MR) is 137 cm³/mol. The Morgan fingerprint density at radius 2 is 1.89 bits per heavy atom. The van der Waals surface area contributed by atoms with Crippen LogP contribution < -0.4 is 0 Å². The molecule has 184 valence electrons. The second-order valence-electron chi connectivity index (χ2n) is 8.79. The van der Waals surface area contributed by atoms with Crippen molar-refractivity contribution in [3.05, 3.63) is 90.0 Å². The SMILES string of the molecule is C[C@H]1CN(/C(=N/C#N)c2ccccc2)CCN1C(=O)C(=O)c1c[nH]c2c(-c3ccccn3)ccc(F)c12. The Labute approximate surface area is 212 Å². The van der Waals surface area contributed by atoms with E-state index < -0.39 is 17.5 Å². The van der Waals surface area contributed by atoms with E-state index in [1.807, 2.05) is 54.4 Å². The first kappa shape index (κ1) is 23.9. The summed E-state index contributed by atoms with van der Waals surface area (Å²) in [6.07, 6.45) is 4.87. The third kappa shape index (κ3) is 4.45. The number of nitrogens with zero attached hydrogens (tertiary/aromatic N) is 5. The van der Waals surface area contributed by atoms with Gasteiger partial charge in [0.2, 0.25) is 6.19 Å². The largest absolute Gasteiger partial charge is 0.360 e. The Morgan fingerprint density at radius 3 is 2.59 bits per heavy atom. The number of H-pyrrole nitrogens is 1. The van der Waals surface area contributed by atoms with E-state index in [-0.39, 0.29) is 23.5 Å². The molecule has 0 bridgehead atoms. The number of rotatable bonds is 4. The molecule has 1 aliphatic heterocycles.